The average Bonchev–Trinajstić information content (AvgIpc) is 3.33. The van der Waals surface area contributed by atoms with Gasteiger partial charge in [-0.25, -0.2) is 14.4 Å². The standard InChI is InChI=1S/C19H21FN6O/c1-25(15-8-11-2-3-13(24-11)17(15)20)16-10-22-14(9-23-16)12-4-6-26-7-5-21-19(26)18(12)27/h4-7,9-11,13,15,17,24,27H,2-3,8H2,1H3/t11?,13-,15+,17-/m0/s1. The van der Waals surface area contributed by atoms with Crippen molar-refractivity contribution in [1.29, 1.82) is 0 Å². The summed E-state index contributed by atoms with van der Waals surface area (Å²) in [5.41, 5.74) is 1.59. The number of aromatic hydroxyl groups is 1. The molecule has 0 amide bonds. The number of rotatable bonds is 3. The third kappa shape index (κ3) is 2.63. The molecule has 1 unspecified atom stereocenters. The molecule has 2 aliphatic rings. The lowest BCUT2D eigenvalue weighted by molar-refractivity contribution is 0.176. The van der Waals surface area contributed by atoms with E-state index < -0.39 is 6.17 Å². The second-order valence-electron chi connectivity index (χ2n) is 7.40. The van der Waals surface area contributed by atoms with Gasteiger partial charge >= 0.3 is 0 Å². The van der Waals surface area contributed by atoms with Crippen LogP contribution in [0.2, 0.25) is 0 Å². The number of nitrogens with zero attached hydrogens (tertiary/aromatic N) is 5. The molecule has 0 aliphatic carbocycles. The Kier molecular flexibility index (Phi) is 3.75. The molecule has 5 heterocycles. The highest BCUT2D eigenvalue weighted by Crippen LogP contribution is 2.34. The summed E-state index contributed by atoms with van der Waals surface area (Å²) in [5, 5.41) is 13.8. The van der Waals surface area contributed by atoms with Crippen LogP contribution in [-0.4, -0.2) is 55.8 Å². The third-order valence-electron chi connectivity index (χ3n) is 5.86. The number of anilines is 1. The van der Waals surface area contributed by atoms with Crippen LogP contribution in [0.1, 0.15) is 19.3 Å². The highest BCUT2D eigenvalue weighted by Gasteiger charge is 2.43. The second kappa shape index (κ2) is 6.16. The van der Waals surface area contributed by atoms with Crippen molar-refractivity contribution in [3.8, 4) is 17.0 Å². The van der Waals surface area contributed by atoms with Gasteiger partial charge < -0.3 is 19.7 Å². The zero-order valence-electron chi connectivity index (χ0n) is 15.0. The molecule has 8 heteroatoms. The van der Waals surface area contributed by atoms with Gasteiger partial charge in [0.15, 0.2) is 11.4 Å². The van der Waals surface area contributed by atoms with E-state index in [9.17, 15) is 9.50 Å². The summed E-state index contributed by atoms with van der Waals surface area (Å²) >= 11 is 0. The maximum atomic E-state index is 14.8. The Bertz CT molecular complexity index is 974. The lowest BCUT2D eigenvalue weighted by Gasteiger charge is -2.38. The average molecular weight is 368 g/mol. The monoisotopic (exact) mass is 368 g/mol. The van der Waals surface area contributed by atoms with E-state index >= 15 is 0 Å². The number of imidazole rings is 1. The van der Waals surface area contributed by atoms with Gasteiger partial charge in [0.2, 0.25) is 0 Å². The highest BCUT2D eigenvalue weighted by atomic mass is 19.1. The van der Waals surface area contributed by atoms with E-state index in [0.29, 0.717) is 28.8 Å². The molecule has 0 radical (unpaired) electrons. The molecule has 0 spiro atoms. The van der Waals surface area contributed by atoms with E-state index in [0.717, 1.165) is 19.3 Å². The highest BCUT2D eigenvalue weighted by molar-refractivity contribution is 5.74. The van der Waals surface area contributed by atoms with Crippen LogP contribution in [0.15, 0.2) is 37.1 Å². The molecule has 4 atom stereocenters. The van der Waals surface area contributed by atoms with Gasteiger partial charge in [-0.05, 0) is 25.3 Å². The Labute approximate surface area is 155 Å². The lowest BCUT2D eigenvalue weighted by Crippen LogP contribution is -2.55. The fraction of sp³-hybridized carbons (Fsp3) is 0.421. The predicted octanol–water partition coefficient (Wildman–Crippen LogP) is 2.16. The molecule has 0 aromatic carbocycles. The first-order valence-corrected chi connectivity index (χ1v) is 9.22. The summed E-state index contributed by atoms with van der Waals surface area (Å²) in [6.07, 6.45) is 10.3. The Morgan fingerprint density at radius 1 is 1.22 bits per heavy atom. The van der Waals surface area contributed by atoms with Crippen molar-refractivity contribution in [2.75, 3.05) is 11.9 Å². The number of halogens is 1. The molecule has 2 fully saturated rings. The third-order valence-corrected chi connectivity index (χ3v) is 5.86. The van der Waals surface area contributed by atoms with Crippen LogP contribution in [0.3, 0.4) is 0 Å². The van der Waals surface area contributed by atoms with E-state index in [2.05, 4.69) is 20.3 Å². The van der Waals surface area contributed by atoms with Crippen LogP contribution in [0, 0.1) is 0 Å². The zero-order chi connectivity index (χ0) is 18.5. The minimum absolute atomic E-state index is 0.0540. The van der Waals surface area contributed by atoms with E-state index in [-0.39, 0.29) is 17.8 Å². The van der Waals surface area contributed by atoms with Crippen LogP contribution in [-0.2, 0) is 0 Å². The van der Waals surface area contributed by atoms with Crippen molar-refractivity contribution < 1.29 is 9.50 Å². The summed E-state index contributed by atoms with van der Waals surface area (Å²) in [6, 6.07) is 1.92. The molecule has 27 heavy (non-hydrogen) atoms. The second-order valence-corrected chi connectivity index (χ2v) is 7.40. The number of hydrogen-bond acceptors (Lipinski definition) is 6. The molecule has 2 saturated heterocycles. The Morgan fingerprint density at radius 2 is 2.11 bits per heavy atom. The SMILES string of the molecule is CN(c1cnc(-c2ccn3ccnc3c2O)cn1)[C@@H]1CC2CC[C@H](N2)[C@@H]1F. The fourth-order valence-electron chi connectivity index (χ4n) is 4.34. The number of alkyl halides is 1. The first kappa shape index (κ1) is 16.4. The summed E-state index contributed by atoms with van der Waals surface area (Å²) in [6.45, 7) is 0. The normalized spacial score (nSPS) is 27.2. The van der Waals surface area contributed by atoms with Crippen molar-refractivity contribution in [3.63, 3.8) is 0 Å². The van der Waals surface area contributed by atoms with Gasteiger partial charge in [0.25, 0.3) is 0 Å². The molecule has 2 bridgehead atoms. The van der Waals surface area contributed by atoms with Crippen molar-refractivity contribution in [2.24, 2.45) is 0 Å². The van der Waals surface area contributed by atoms with Crippen LogP contribution in [0.4, 0.5) is 10.2 Å². The summed E-state index contributed by atoms with van der Waals surface area (Å²) in [4.78, 5) is 15.0. The van der Waals surface area contributed by atoms with Crippen molar-refractivity contribution in [1.82, 2.24) is 24.7 Å². The quantitative estimate of drug-likeness (QED) is 0.738. The van der Waals surface area contributed by atoms with Crippen molar-refractivity contribution in [3.05, 3.63) is 37.1 Å². The fourth-order valence-corrected chi connectivity index (χ4v) is 4.34. The lowest BCUT2D eigenvalue weighted by atomic mass is 9.96. The number of piperidine rings is 1. The van der Waals surface area contributed by atoms with E-state index in [1.54, 1.807) is 35.3 Å². The van der Waals surface area contributed by atoms with Gasteiger partial charge in [-0.15, -0.1) is 0 Å². The number of pyridine rings is 1. The molecule has 3 aromatic rings. The molecular formula is C19H21FN6O. The Balaban J connectivity index is 1.42. The van der Waals surface area contributed by atoms with Gasteiger partial charge in [0, 0.05) is 43.3 Å². The molecule has 2 N–H and O–H groups in total. The van der Waals surface area contributed by atoms with Crippen LogP contribution in [0.25, 0.3) is 16.9 Å². The molecular weight excluding hydrogens is 347 g/mol. The van der Waals surface area contributed by atoms with E-state index in [1.807, 2.05) is 18.1 Å². The molecule has 3 aromatic heterocycles. The Hall–Kier alpha value is -2.74. The number of hydrogen-bond donors (Lipinski definition) is 2. The zero-order valence-corrected chi connectivity index (χ0v) is 15.0. The molecule has 140 valence electrons. The van der Waals surface area contributed by atoms with Crippen molar-refractivity contribution >= 4 is 11.5 Å². The number of nitrogens with one attached hydrogen (secondary N) is 1. The smallest absolute Gasteiger partial charge is 0.180 e. The van der Waals surface area contributed by atoms with Crippen LogP contribution >= 0.6 is 0 Å². The largest absolute Gasteiger partial charge is 0.504 e. The summed E-state index contributed by atoms with van der Waals surface area (Å²) < 4.78 is 16.5. The van der Waals surface area contributed by atoms with Crippen LogP contribution in [0.5, 0.6) is 5.75 Å². The molecule has 0 saturated carbocycles. The summed E-state index contributed by atoms with van der Waals surface area (Å²) in [7, 11) is 1.87. The van der Waals surface area contributed by atoms with E-state index in [1.165, 1.54) is 0 Å². The minimum Gasteiger partial charge on any atom is -0.504 e. The van der Waals surface area contributed by atoms with Gasteiger partial charge in [-0.1, -0.05) is 0 Å². The summed E-state index contributed by atoms with van der Waals surface area (Å²) in [5.74, 6) is 0.700. The first-order chi connectivity index (χ1) is 13.1. The van der Waals surface area contributed by atoms with Gasteiger partial charge in [0.1, 0.15) is 12.0 Å². The molecule has 2 aliphatic heterocycles. The van der Waals surface area contributed by atoms with Crippen LogP contribution < -0.4 is 10.2 Å². The van der Waals surface area contributed by atoms with E-state index in [4.69, 9.17) is 0 Å². The van der Waals surface area contributed by atoms with Gasteiger partial charge in [-0.2, -0.15) is 0 Å². The number of fused-ring (bicyclic) bond motifs is 3. The van der Waals surface area contributed by atoms with Gasteiger partial charge in [-0.3, -0.25) is 4.98 Å². The maximum Gasteiger partial charge on any atom is 0.180 e. The predicted molar refractivity (Wildman–Crippen MR) is 99.5 cm³/mol. The van der Waals surface area contributed by atoms with Gasteiger partial charge in [0.05, 0.1) is 24.1 Å². The minimum atomic E-state index is -0.915. The first-order valence-electron chi connectivity index (χ1n) is 9.22. The maximum absolute atomic E-state index is 14.8. The molecule has 5 rings (SSSR count). The Morgan fingerprint density at radius 3 is 2.93 bits per heavy atom. The number of aromatic nitrogens is 4. The van der Waals surface area contributed by atoms with Crippen molar-refractivity contribution in [2.45, 2.75) is 43.6 Å². The topological polar surface area (TPSA) is 78.6 Å². The molecule has 7 nitrogen and oxygen atoms in total.